The molecule has 0 saturated carbocycles. The molecule has 1 saturated heterocycles. The lowest BCUT2D eigenvalue weighted by Crippen LogP contribution is -2.46. The van der Waals surface area contributed by atoms with Gasteiger partial charge in [0.15, 0.2) is 11.5 Å². The van der Waals surface area contributed by atoms with Crippen molar-refractivity contribution in [2.45, 2.75) is 18.9 Å². The van der Waals surface area contributed by atoms with E-state index in [1.165, 1.54) is 13.2 Å². The van der Waals surface area contributed by atoms with E-state index in [-0.39, 0.29) is 17.9 Å². The minimum Gasteiger partial charge on any atom is -0.493 e. The van der Waals surface area contributed by atoms with Crippen molar-refractivity contribution >= 4 is 11.8 Å². The van der Waals surface area contributed by atoms with Crippen molar-refractivity contribution in [2.75, 3.05) is 27.3 Å². The van der Waals surface area contributed by atoms with Gasteiger partial charge in [-0.05, 0) is 37.1 Å². The first-order valence-corrected chi connectivity index (χ1v) is 7.53. The van der Waals surface area contributed by atoms with Crippen LogP contribution in [0.4, 0.5) is 0 Å². The zero-order valence-corrected chi connectivity index (χ0v) is 13.5. The molecule has 0 spiro atoms. The number of nitrogens with one attached hydrogen (secondary N) is 1. The first-order chi connectivity index (χ1) is 11.1. The zero-order valence-electron chi connectivity index (χ0n) is 13.5. The van der Waals surface area contributed by atoms with E-state index in [1.807, 2.05) is 0 Å². The Balaban J connectivity index is 1.95. The van der Waals surface area contributed by atoms with Gasteiger partial charge in [0, 0.05) is 24.7 Å². The third-order valence-corrected chi connectivity index (χ3v) is 3.96. The lowest BCUT2D eigenvalue weighted by molar-refractivity contribution is -0.127. The maximum Gasteiger partial charge on any atom is 0.251 e. The van der Waals surface area contributed by atoms with Crippen molar-refractivity contribution in [3.05, 3.63) is 36.4 Å². The maximum absolute atomic E-state index is 12.3. The number of hydrogen-bond donors (Lipinski definition) is 1. The number of benzene rings is 1. The van der Waals surface area contributed by atoms with E-state index in [2.05, 4.69) is 11.9 Å². The Morgan fingerprint density at radius 2 is 1.87 bits per heavy atom. The highest BCUT2D eigenvalue weighted by Gasteiger charge is 2.23. The Labute approximate surface area is 136 Å². The minimum absolute atomic E-state index is 0.0597. The molecule has 0 atom stereocenters. The van der Waals surface area contributed by atoms with E-state index in [9.17, 15) is 9.59 Å². The standard InChI is InChI=1S/C17H22N2O4/c1-4-16(20)19-9-7-13(8-10-19)18-17(21)12-5-6-14(22-2)15(11-12)23-3/h4-6,11,13H,1,7-10H2,2-3H3,(H,18,21). The van der Waals surface area contributed by atoms with Crippen LogP contribution >= 0.6 is 0 Å². The summed E-state index contributed by atoms with van der Waals surface area (Å²) in [5.41, 5.74) is 0.521. The molecule has 0 aromatic heterocycles. The summed E-state index contributed by atoms with van der Waals surface area (Å²) in [5, 5.41) is 3.00. The molecule has 0 unspecified atom stereocenters. The van der Waals surface area contributed by atoms with Crippen molar-refractivity contribution in [2.24, 2.45) is 0 Å². The van der Waals surface area contributed by atoms with Gasteiger partial charge in [0.05, 0.1) is 14.2 Å². The fourth-order valence-corrected chi connectivity index (χ4v) is 2.62. The third-order valence-electron chi connectivity index (χ3n) is 3.96. The predicted molar refractivity (Wildman–Crippen MR) is 86.8 cm³/mol. The summed E-state index contributed by atoms with van der Waals surface area (Å²) in [6.07, 6.45) is 2.79. The molecule has 124 valence electrons. The number of ether oxygens (including phenoxy) is 2. The summed E-state index contributed by atoms with van der Waals surface area (Å²) in [4.78, 5) is 25.6. The fourth-order valence-electron chi connectivity index (χ4n) is 2.62. The lowest BCUT2D eigenvalue weighted by Gasteiger charge is -2.31. The summed E-state index contributed by atoms with van der Waals surface area (Å²) in [6, 6.07) is 5.13. The normalized spacial score (nSPS) is 15.0. The monoisotopic (exact) mass is 318 g/mol. The fraction of sp³-hybridized carbons (Fsp3) is 0.412. The summed E-state index contributed by atoms with van der Waals surface area (Å²) in [5.74, 6) is 0.890. The molecule has 0 bridgehead atoms. The molecule has 23 heavy (non-hydrogen) atoms. The van der Waals surface area contributed by atoms with Crippen molar-refractivity contribution in [3.8, 4) is 11.5 Å². The molecule has 1 aromatic carbocycles. The van der Waals surface area contributed by atoms with Gasteiger partial charge in [-0.3, -0.25) is 9.59 Å². The lowest BCUT2D eigenvalue weighted by atomic mass is 10.0. The Morgan fingerprint density at radius 3 is 2.43 bits per heavy atom. The molecule has 0 aliphatic carbocycles. The molecule has 0 radical (unpaired) electrons. The van der Waals surface area contributed by atoms with Gasteiger partial charge in [0.1, 0.15) is 0 Å². The number of hydrogen-bond acceptors (Lipinski definition) is 4. The van der Waals surface area contributed by atoms with Gasteiger partial charge in [-0.15, -0.1) is 0 Å². The second kappa shape index (κ2) is 7.67. The SMILES string of the molecule is C=CC(=O)N1CCC(NC(=O)c2ccc(OC)c(OC)c2)CC1. The van der Waals surface area contributed by atoms with Gasteiger partial charge in [0.25, 0.3) is 5.91 Å². The second-order valence-electron chi connectivity index (χ2n) is 5.35. The van der Waals surface area contributed by atoms with Crippen LogP contribution in [0.1, 0.15) is 23.2 Å². The van der Waals surface area contributed by atoms with Crippen LogP contribution in [0.15, 0.2) is 30.9 Å². The van der Waals surface area contributed by atoms with Gasteiger partial charge >= 0.3 is 0 Å². The van der Waals surface area contributed by atoms with Gasteiger partial charge in [-0.1, -0.05) is 6.58 Å². The number of methoxy groups -OCH3 is 2. The van der Waals surface area contributed by atoms with Crippen LogP contribution in [0, 0.1) is 0 Å². The summed E-state index contributed by atoms with van der Waals surface area (Å²) in [7, 11) is 3.09. The smallest absolute Gasteiger partial charge is 0.251 e. The number of carbonyl (C=O) groups excluding carboxylic acids is 2. The van der Waals surface area contributed by atoms with E-state index in [1.54, 1.807) is 30.2 Å². The average molecular weight is 318 g/mol. The van der Waals surface area contributed by atoms with Crippen LogP contribution in [0.2, 0.25) is 0 Å². The van der Waals surface area contributed by atoms with Crippen LogP contribution in [0.3, 0.4) is 0 Å². The van der Waals surface area contributed by atoms with E-state index in [4.69, 9.17) is 9.47 Å². The Bertz CT molecular complexity index is 592. The van der Waals surface area contributed by atoms with Gasteiger partial charge in [0.2, 0.25) is 5.91 Å². The molecular weight excluding hydrogens is 296 g/mol. The highest BCUT2D eigenvalue weighted by Crippen LogP contribution is 2.27. The third kappa shape index (κ3) is 4.03. The number of nitrogens with zero attached hydrogens (tertiary/aromatic N) is 1. The number of carbonyl (C=O) groups is 2. The Kier molecular flexibility index (Phi) is 5.62. The van der Waals surface area contributed by atoms with Crippen molar-refractivity contribution in [1.82, 2.24) is 10.2 Å². The van der Waals surface area contributed by atoms with Crippen LogP contribution in [-0.2, 0) is 4.79 Å². The Morgan fingerprint density at radius 1 is 1.22 bits per heavy atom. The molecule has 1 fully saturated rings. The summed E-state index contributed by atoms with van der Waals surface area (Å²) < 4.78 is 10.4. The van der Waals surface area contributed by atoms with Crippen molar-refractivity contribution in [1.29, 1.82) is 0 Å². The topological polar surface area (TPSA) is 67.9 Å². The average Bonchev–Trinajstić information content (AvgIpc) is 2.60. The van der Waals surface area contributed by atoms with Crippen molar-refractivity contribution < 1.29 is 19.1 Å². The van der Waals surface area contributed by atoms with E-state index >= 15 is 0 Å². The molecule has 6 heteroatoms. The van der Waals surface area contributed by atoms with Crippen LogP contribution in [-0.4, -0.2) is 50.1 Å². The zero-order chi connectivity index (χ0) is 16.8. The Hall–Kier alpha value is -2.50. The molecule has 1 heterocycles. The van der Waals surface area contributed by atoms with Crippen LogP contribution in [0.25, 0.3) is 0 Å². The molecular formula is C17H22N2O4. The number of likely N-dealkylation sites (tertiary alicyclic amines) is 1. The predicted octanol–water partition coefficient (Wildman–Crippen LogP) is 1.61. The highest BCUT2D eigenvalue weighted by molar-refractivity contribution is 5.95. The molecule has 1 aliphatic rings. The first kappa shape index (κ1) is 16.9. The molecule has 1 N–H and O–H groups in total. The summed E-state index contributed by atoms with van der Waals surface area (Å²) >= 11 is 0. The van der Waals surface area contributed by atoms with Crippen LogP contribution in [0.5, 0.6) is 11.5 Å². The highest BCUT2D eigenvalue weighted by atomic mass is 16.5. The summed E-state index contributed by atoms with van der Waals surface area (Å²) in [6.45, 7) is 4.74. The molecule has 2 rings (SSSR count). The minimum atomic E-state index is -0.153. The first-order valence-electron chi connectivity index (χ1n) is 7.53. The maximum atomic E-state index is 12.3. The molecule has 6 nitrogen and oxygen atoms in total. The molecule has 1 aliphatic heterocycles. The van der Waals surface area contributed by atoms with Gasteiger partial charge in [-0.2, -0.15) is 0 Å². The van der Waals surface area contributed by atoms with E-state index in [0.717, 1.165) is 12.8 Å². The molecule has 1 aromatic rings. The van der Waals surface area contributed by atoms with E-state index in [0.29, 0.717) is 30.2 Å². The van der Waals surface area contributed by atoms with E-state index < -0.39 is 0 Å². The van der Waals surface area contributed by atoms with Gasteiger partial charge < -0.3 is 19.7 Å². The number of amides is 2. The quantitative estimate of drug-likeness (QED) is 0.838. The number of piperidine rings is 1. The second-order valence-corrected chi connectivity index (χ2v) is 5.35. The van der Waals surface area contributed by atoms with Crippen LogP contribution < -0.4 is 14.8 Å². The molecule has 2 amide bonds. The van der Waals surface area contributed by atoms with Crippen molar-refractivity contribution in [3.63, 3.8) is 0 Å². The number of rotatable bonds is 5. The van der Waals surface area contributed by atoms with Gasteiger partial charge in [-0.25, -0.2) is 0 Å². The largest absolute Gasteiger partial charge is 0.493 e.